The van der Waals surface area contributed by atoms with Crippen LogP contribution in [0.4, 0.5) is 0 Å². The lowest BCUT2D eigenvalue weighted by Gasteiger charge is -2.32. The van der Waals surface area contributed by atoms with Gasteiger partial charge in [-0.15, -0.1) is 0 Å². The first-order valence-corrected chi connectivity index (χ1v) is 6.41. The Bertz CT molecular complexity index is 452. The highest BCUT2D eigenvalue weighted by Gasteiger charge is 2.26. The molecule has 1 fully saturated rings. The number of aliphatic hydroxyl groups is 1. The van der Waals surface area contributed by atoms with Crippen molar-refractivity contribution in [3.8, 4) is 5.75 Å². The summed E-state index contributed by atoms with van der Waals surface area (Å²) in [5, 5.41) is 18.8. The van der Waals surface area contributed by atoms with Gasteiger partial charge in [-0.1, -0.05) is 15.9 Å². The number of hydrogen-bond acceptors (Lipinski definition) is 4. The molecule has 1 atom stereocenters. The van der Waals surface area contributed by atoms with Crippen molar-refractivity contribution in [3.05, 3.63) is 28.2 Å². The van der Waals surface area contributed by atoms with E-state index >= 15 is 0 Å². The number of hydrogen-bond donors (Lipinski definition) is 2. The zero-order valence-electron chi connectivity index (χ0n) is 9.67. The third kappa shape index (κ3) is 2.82. The minimum Gasteiger partial charge on any atom is -0.507 e. The zero-order chi connectivity index (χ0) is 13.1. The van der Waals surface area contributed by atoms with Crippen LogP contribution in [0.15, 0.2) is 22.7 Å². The molecule has 18 heavy (non-hydrogen) atoms. The van der Waals surface area contributed by atoms with E-state index in [0.29, 0.717) is 19.7 Å². The number of carbonyl (C=O) groups excluding carboxylic acids is 1. The molecule has 1 aromatic rings. The van der Waals surface area contributed by atoms with Gasteiger partial charge in [-0.3, -0.25) is 4.79 Å². The summed E-state index contributed by atoms with van der Waals surface area (Å²) in [6.07, 6.45) is -0.350. The topological polar surface area (TPSA) is 70.0 Å². The van der Waals surface area contributed by atoms with E-state index in [9.17, 15) is 9.90 Å². The molecular formula is C12H14BrNO4. The first-order chi connectivity index (χ1) is 8.61. The molecule has 0 radical (unpaired) electrons. The van der Waals surface area contributed by atoms with Crippen molar-refractivity contribution < 1.29 is 19.7 Å². The van der Waals surface area contributed by atoms with E-state index in [1.54, 1.807) is 17.0 Å². The molecule has 98 valence electrons. The number of aliphatic hydroxyl groups excluding tert-OH is 1. The Balaban J connectivity index is 2.17. The van der Waals surface area contributed by atoms with Crippen LogP contribution in [0.5, 0.6) is 5.75 Å². The molecule has 1 aliphatic heterocycles. The summed E-state index contributed by atoms with van der Waals surface area (Å²) >= 11 is 3.27. The van der Waals surface area contributed by atoms with Gasteiger partial charge in [0, 0.05) is 17.6 Å². The van der Waals surface area contributed by atoms with Crippen LogP contribution in [0.1, 0.15) is 10.4 Å². The normalized spacial score (nSPS) is 19.9. The van der Waals surface area contributed by atoms with Crippen LogP contribution in [0, 0.1) is 0 Å². The van der Waals surface area contributed by atoms with Crippen molar-refractivity contribution in [1.29, 1.82) is 0 Å². The first-order valence-electron chi connectivity index (χ1n) is 5.62. The quantitative estimate of drug-likeness (QED) is 0.854. The Labute approximate surface area is 113 Å². The Hall–Kier alpha value is -1.11. The number of nitrogens with zero attached hydrogens (tertiary/aromatic N) is 1. The molecule has 5 nitrogen and oxygen atoms in total. The molecule has 0 saturated carbocycles. The Morgan fingerprint density at radius 3 is 3.06 bits per heavy atom. The minimum absolute atomic E-state index is 0.0461. The van der Waals surface area contributed by atoms with E-state index < -0.39 is 0 Å². The number of morpholine rings is 1. The fourth-order valence-corrected chi connectivity index (χ4v) is 2.23. The van der Waals surface area contributed by atoms with E-state index in [2.05, 4.69) is 15.9 Å². The third-order valence-electron chi connectivity index (χ3n) is 2.82. The number of halogens is 1. The number of carbonyl (C=O) groups is 1. The second-order valence-corrected chi connectivity index (χ2v) is 5.00. The standard InChI is InChI=1S/C12H14BrNO4/c13-8-1-2-11(16)10(5-8)12(17)14-3-4-18-9(6-14)7-15/h1-2,5,9,15-16H,3-4,6-7H2. The highest BCUT2D eigenvalue weighted by Crippen LogP contribution is 2.24. The fourth-order valence-electron chi connectivity index (χ4n) is 1.86. The first kappa shape index (κ1) is 13.3. The summed E-state index contributed by atoms with van der Waals surface area (Å²) in [4.78, 5) is 13.8. The largest absolute Gasteiger partial charge is 0.507 e. The molecular weight excluding hydrogens is 302 g/mol. The molecule has 1 aliphatic rings. The molecule has 1 heterocycles. The maximum absolute atomic E-state index is 12.2. The molecule has 0 aromatic heterocycles. The maximum atomic E-state index is 12.2. The van der Waals surface area contributed by atoms with E-state index in [1.807, 2.05) is 0 Å². The molecule has 0 spiro atoms. The summed E-state index contributed by atoms with van der Waals surface area (Å²) in [5.41, 5.74) is 0.253. The lowest BCUT2D eigenvalue weighted by atomic mass is 10.1. The van der Waals surface area contributed by atoms with E-state index in [1.165, 1.54) is 6.07 Å². The number of aromatic hydroxyl groups is 1. The Morgan fingerprint density at radius 2 is 2.33 bits per heavy atom. The van der Waals surface area contributed by atoms with E-state index in [4.69, 9.17) is 9.84 Å². The highest BCUT2D eigenvalue weighted by molar-refractivity contribution is 9.10. The monoisotopic (exact) mass is 315 g/mol. The van der Waals surface area contributed by atoms with Crippen LogP contribution in [-0.4, -0.2) is 53.4 Å². The van der Waals surface area contributed by atoms with Crippen molar-refractivity contribution >= 4 is 21.8 Å². The number of rotatable bonds is 2. The second-order valence-electron chi connectivity index (χ2n) is 4.09. The summed E-state index contributed by atoms with van der Waals surface area (Å²) in [6.45, 7) is 1.07. The van der Waals surface area contributed by atoms with Gasteiger partial charge in [-0.05, 0) is 18.2 Å². The van der Waals surface area contributed by atoms with Crippen molar-refractivity contribution in [3.63, 3.8) is 0 Å². The van der Waals surface area contributed by atoms with Gasteiger partial charge < -0.3 is 19.8 Å². The van der Waals surface area contributed by atoms with Gasteiger partial charge in [0.05, 0.1) is 24.9 Å². The SMILES string of the molecule is O=C(c1cc(Br)ccc1O)N1CCOC(CO)C1. The lowest BCUT2D eigenvalue weighted by molar-refractivity contribution is -0.0447. The van der Waals surface area contributed by atoms with Crippen LogP contribution < -0.4 is 0 Å². The summed E-state index contributed by atoms with van der Waals surface area (Å²) in [5.74, 6) is -0.300. The van der Waals surface area contributed by atoms with Crippen LogP contribution in [0.3, 0.4) is 0 Å². The predicted octanol–water partition coefficient (Wildman–Crippen LogP) is 0.988. The van der Waals surface area contributed by atoms with Gasteiger partial charge >= 0.3 is 0 Å². The fraction of sp³-hybridized carbons (Fsp3) is 0.417. The minimum atomic E-state index is -0.350. The zero-order valence-corrected chi connectivity index (χ0v) is 11.3. The van der Waals surface area contributed by atoms with Gasteiger partial charge in [0.25, 0.3) is 5.91 Å². The molecule has 2 N–H and O–H groups in total. The number of benzene rings is 1. The number of phenols is 1. The van der Waals surface area contributed by atoms with E-state index in [0.717, 1.165) is 4.47 Å². The number of phenolic OH excluding ortho intramolecular Hbond substituents is 1. The van der Waals surface area contributed by atoms with Gasteiger partial charge in [-0.25, -0.2) is 0 Å². The molecule has 1 amide bonds. The van der Waals surface area contributed by atoms with Crippen LogP contribution in [0.25, 0.3) is 0 Å². The van der Waals surface area contributed by atoms with E-state index in [-0.39, 0.29) is 29.9 Å². The number of ether oxygens (including phenoxy) is 1. The van der Waals surface area contributed by atoms with Gasteiger partial charge in [0.15, 0.2) is 0 Å². The van der Waals surface area contributed by atoms with Gasteiger partial charge in [0.1, 0.15) is 5.75 Å². The Kier molecular flexibility index (Phi) is 4.21. The number of amides is 1. The molecule has 1 aromatic carbocycles. The van der Waals surface area contributed by atoms with Crippen LogP contribution in [0.2, 0.25) is 0 Å². The third-order valence-corrected chi connectivity index (χ3v) is 3.31. The molecule has 1 unspecified atom stereocenters. The van der Waals surface area contributed by atoms with Crippen molar-refractivity contribution in [1.82, 2.24) is 4.90 Å². The van der Waals surface area contributed by atoms with Gasteiger partial charge in [-0.2, -0.15) is 0 Å². The molecule has 2 rings (SSSR count). The highest BCUT2D eigenvalue weighted by atomic mass is 79.9. The van der Waals surface area contributed by atoms with Crippen LogP contribution in [-0.2, 0) is 4.74 Å². The summed E-state index contributed by atoms with van der Waals surface area (Å²) in [6, 6.07) is 4.73. The van der Waals surface area contributed by atoms with Crippen molar-refractivity contribution in [2.75, 3.05) is 26.3 Å². The summed E-state index contributed by atoms with van der Waals surface area (Å²) < 4.78 is 6.01. The molecule has 0 bridgehead atoms. The van der Waals surface area contributed by atoms with Crippen molar-refractivity contribution in [2.45, 2.75) is 6.10 Å². The van der Waals surface area contributed by atoms with Crippen LogP contribution >= 0.6 is 15.9 Å². The molecule has 1 saturated heterocycles. The predicted molar refractivity (Wildman–Crippen MR) is 68.5 cm³/mol. The van der Waals surface area contributed by atoms with Gasteiger partial charge in [0.2, 0.25) is 0 Å². The van der Waals surface area contributed by atoms with Crippen molar-refractivity contribution in [2.24, 2.45) is 0 Å². The smallest absolute Gasteiger partial charge is 0.257 e. The second kappa shape index (κ2) is 5.69. The lowest BCUT2D eigenvalue weighted by Crippen LogP contribution is -2.46. The molecule has 0 aliphatic carbocycles. The average molecular weight is 316 g/mol. The molecule has 6 heteroatoms. The Morgan fingerprint density at radius 1 is 1.56 bits per heavy atom. The maximum Gasteiger partial charge on any atom is 0.257 e. The average Bonchev–Trinajstić information content (AvgIpc) is 2.41. The summed E-state index contributed by atoms with van der Waals surface area (Å²) in [7, 11) is 0.